The van der Waals surface area contributed by atoms with E-state index in [1.165, 1.54) is 64.3 Å². The minimum atomic E-state index is 0.947. The van der Waals surface area contributed by atoms with Gasteiger partial charge in [-0.2, -0.15) is 12.6 Å². The molecule has 122 valence electrons. The number of hydrogen-bond acceptors (Lipinski definition) is 2. The molecule has 1 aromatic heterocycles. The number of nitrogens with zero attached hydrogens (tertiary/aromatic N) is 2. The molecule has 0 aliphatic heterocycles. The van der Waals surface area contributed by atoms with Crippen LogP contribution in [0.25, 0.3) is 0 Å². The molecule has 0 radical (unpaired) electrons. The highest BCUT2D eigenvalue weighted by Gasteiger charge is 1.99. The molecule has 1 aromatic rings. The molecular weight excluding hydrogens is 278 g/mol. The summed E-state index contributed by atoms with van der Waals surface area (Å²) in [6.45, 7) is 3.38. The second-order valence-corrected chi connectivity index (χ2v) is 6.42. The Morgan fingerprint density at radius 1 is 0.905 bits per heavy atom. The number of unbranched alkanes of at least 4 members (excludes halogenated alkanes) is 8. The normalized spacial score (nSPS) is 11.1. The van der Waals surface area contributed by atoms with E-state index >= 15 is 0 Å². The van der Waals surface area contributed by atoms with Crippen molar-refractivity contribution in [2.24, 2.45) is 7.05 Å². The molecule has 0 bridgehead atoms. The number of hydrogen-bond donors (Lipinski definition) is 2. The van der Waals surface area contributed by atoms with Gasteiger partial charge in [0, 0.05) is 12.3 Å². The van der Waals surface area contributed by atoms with Gasteiger partial charge in [0.25, 0.3) is 0 Å². The van der Waals surface area contributed by atoms with Crippen molar-refractivity contribution in [3.05, 3.63) is 18.7 Å². The number of nitrogens with one attached hydrogen (secondary N) is 1. The average molecular weight is 313 g/mol. The van der Waals surface area contributed by atoms with Gasteiger partial charge in [-0.25, -0.2) is 9.13 Å². The predicted molar refractivity (Wildman–Crippen MR) is 93.9 cm³/mol. The van der Waals surface area contributed by atoms with Crippen LogP contribution in [0.3, 0.4) is 0 Å². The van der Waals surface area contributed by atoms with Crippen LogP contribution < -0.4 is 9.88 Å². The Labute approximate surface area is 136 Å². The Balaban J connectivity index is 1.74. The molecule has 1 N–H and O–H groups in total. The van der Waals surface area contributed by atoms with E-state index in [1.807, 2.05) is 0 Å². The lowest BCUT2D eigenvalue weighted by atomic mass is 10.1. The van der Waals surface area contributed by atoms with Crippen molar-refractivity contribution >= 4 is 12.6 Å². The Morgan fingerprint density at radius 3 is 2.10 bits per heavy atom. The Morgan fingerprint density at radius 2 is 1.52 bits per heavy atom. The van der Waals surface area contributed by atoms with Gasteiger partial charge >= 0.3 is 0 Å². The molecule has 0 aliphatic carbocycles. The van der Waals surface area contributed by atoms with Crippen molar-refractivity contribution in [3.8, 4) is 0 Å². The fourth-order valence-electron chi connectivity index (χ4n) is 2.62. The summed E-state index contributed by atoms with van der Waals surface area (Å²) in [5, 5.41) is 3.40. The minimum Gasteiger partial charge on any atom is -0.316 e. The van der Waals surface area contributed by atoms with Crippen LogP contribution >= 0.6 is 12.6 Å². The summed E-state index contributed by atoms with van der Waals surface area (Å²) in [6.07, 6.45) is 18.9. The van der Waals surface area contributed by atoms with Crippen molar-refractivity contribution in [2.75, 3.05) is 18.8 Å². The van der Waals surface area contributed by atoms with E-state index in [-0.39, 0.29) is 0 Å². The van der Waals surface area contributed by atoms with E-state index in [0.29, 0.717) is 0 Å². The molecule has 1 rings (SSSR count). The summed E-state index contributed by atoms with van der Waals surface area (Å²) >= 11 is 4.18. The van der Waals surface area contributed by atoms with Crippen molar-refractivity contribution < 1.29 is 4.57 Å². The van der Waals surface area contributed by atoms with Crippen LogP contribution in [0, 0.1) is 0 Å². The molecule has 0 fully saturated rings. The summed E-state index contributed by atoms with van der Waals surface area (Å²) in [5.74, 6) is 0.947. The Bertz CT molecular complexity index is 339. The van der Waals surface area contributed by atoms with E-state index in [9.17, 15) is 0 Å². The summed E-state index contributed by atoms with van der Waals surface area (Å²) in [7, 11) is 2.08. The molecule has 0 aromatic carbocycles. The molecule has 4 heteroatoms. The van der Waals surface area contributed by atoms with Crippen LogP contribution in [-0.2, 0) is 13.6 Å². The van der Waals surface area contributed by atoms with Crippen LogP contribution in [0.2, 0.25) is 0 Å². The average Bonchev–Trinajstić information content (AvgIpc) is 2.89. The first kappa shape index (κ1) is 18.6. The zero-order valence-corrected chi connectivity index (χ0v) is 14.7. The molecule has 0 atom stereocenters. The van der Waals surface area contributed by atoms with Gasteiger partial charge in [-0.1, -0.05) is 38.5 Å². The molecule has 0 unspecified atom stereocenters. The second-order valence-electron chi connectivity index (χ2n) is 5.97. The molecule has 0 aliphatic rings. The van der Waals surface area contributed by atoms with E-state index < -0.39 is 0 Å². The van der Waals surface area contributed by atoms with Crippen LogP contribution in [-0.4, -0.2) is 23.4 Å². The maximum atomic E-state index is 4.18. The van der Waals surface area contributed by atoms with Crippen LogP contribution in [0.4, 0.5) is 0 Å². The van der Waals surface area contributed by atoms with Gasteiger partial charge < -0.3 is 5.32 Å². The van der Waals surface area contributed by atoms with Crippen LogP contribution in [0.15, 0.2) is 18.7 Å². The lowest BCUT2D eigenvalue weighted by Gasteiger charge is -2.03. The molecule has 0 saturated carbocycles. The number of thiol groups is 1. The van der Waals surface area contributed by atoms with Crippen molar-refractivity contribution in [2.45, 2.75) is 64.3 Å². The van der Waals surface area contributed by atoms with Gasteiger partial charge in [-0.3, -0.25) is 0 Å². The molecular formula is C17H34N3S+. The SMILES string of the molecule is C[n+]1ccn(CCCCCCCCCCCNCCS)c1. The third kappa shape index (κ3) is 10.8. The molecule has 21 heavy (non-hydrogen) atoms. The molecule has 0 spiro atoms. The molecule has 3 nitrogen and oxygen atoms in total. The molecule has 1 heterocycles. The van der Waals surface area contributed by atoms with E-state index in [0.717, 1.165) is 18.8 Å². The zero-order valence-electron chi connectivity index (χ0n) is 13.8. The Hall–Kier alpha value is -0.480. The second kappa shape index (κ2) is 13.2. The first-order chi connectivity index (χ1) is 10.3. The standard InChI is InChI=1S/C17H33N3S/c1-19-14-15-20(17-19)13-10-8-6-4-2-3-5-7-9-11-18-12-16-21/h14-15,17-18H,2-13,16H2,1H3/p+1. The highest BCUT2D eigenvalue weighted by Crippen LogP contribution is 2.10. The largest absolute Gasteiger partial charge is 0.316 e. The van der Waals surface area contributed by atoms with Gasteiger partial charge in [0.1, 0.15) is 12.4 Å². The number of imidazole rings is 1. The fraction of sp³-hybridized carbons (Fsp3) is 0.824. The van der Waals surface area contributed by atoms with Crippen molar-refractivity contribution in [3.63, 3.8) is 0 Å². The fourth-order valence-corrected chi connectivity index (χ4v) is 2.78. The van der Waals surface area contributed by atoms with Crippen molar-refractivity contribution in [1.29, 1.82) is 0 Å². The summed E-state index contributed by atoms with van der Waals surface area (Å²) in [6, 6.07) is 0. The maximum Gasteiger partial charge on any atom is 0.243 e. The van der Waals surface area contributed by atoms with Gasteiger partial charge in [0.2, 0.25) is 6.33 Å². The first-order valence-electron chi connectivity index (χ1n) is 8.65. The highest BCUT2D eigenvalue weighted by molar-refractivity contribution is 7.80. The summed E-state index contributed by atoms with van der Waals surface area (Å²) < 4.78 is 4.38. The smallest absolute Gasteiger partial charge is 0.243 e. The van der Waals surface area contributed by atoms with Gasteiger partial charge in [0.05, 0.1) is 13.6 Å². The molecule has 0 amide bonds. The molecule has 0 saturated heterocycles. The number of aromatic nitrogens is 2. The lowest BCUT2D eigenvalue weighted by molar-refractivity contribution is -0.671. The Kier molecular flexibility index (Phi) is 11.7. The third-order valence-corrected chi connectivity index (χ3v) is 4.11. The summed E-state index contributed by atoms with van der Waals surface area (Å²) in [4.78, 5) is 0. The van der Waals surface area contributed by atoms with Crippen LogP contribution in [0.1, 0.15) is 57.8 Å². The lowest BCUT2D eigenvalue weighted by Crippen LogP contribution is -2.23. The van der Waals surface area contributed by atoms with E-state index in [4.69, 9.17) is 0 Å². The van der Waals surface area contributed by atoms with E-state index in [2.05, 4.69) is 52.8 Å². The number of rotatable bonds is 14. The number of aryl methyl sites for hydroxylation is 2. The van der Waals surface area contributed by atoms with Gasteiger partial charge in [-0.05, 0) is 25.8 Å². The van der Waals surface area contributed by atoms with Gasteiger partial charge in [-0.15, -0.1) is 0 Å². The third-order valence-electron chi connectivity index (χ3n) is 3.88. The van der Waals surface area contributed by atoms with Crippen molar-refractivity contribution in [1.82, 2.24) is 9.88 Å². The van der Waals surface area contributed by atoms with Crippen LogP contribution in [0.5, 0.6) is 0 Å². The topological polar surface area (TPSA) is 20.8 Å². The van der Waals surface area contributed by atoms with E-state index in [1.54, 1.807) is 0 Å². The predicted octanol–water partition coefficient (Wildman–Crippen LogP) is 3.34. The minimum absolute atomic E-state index is 0.947. The van der Waals surface area contributed by atoms with Gasteiger partial charge in [0.15, 0.2) is 0 Å². The quantitative estimate of drug-likeness (QED) is 0.307. The maximum absolute atomic E-state index is 4.18. The first-order valence-corrected chi connectivity index (χ1v) is 9.29. The summed E-state index contributed by atoms with van der Waals surface area (Å²) in [5.41, 5.74) is 0. The highest BCUT2D eigenvalue weighted by atomic mass is 32.1. The monoisotopic (exact) mass is 312 g/mol. The zero-order chi connectivity index (χ0) is 15.2.